The Kier molecular flexibility index (Phi) is 9.41. The molecule has 1 aromatic rings. The molecule has 0 amide bonds. The summed E-state index contributed by atoms with van der Waals surface area (Å²) in [7, 11) is 0. The minimum absolute atomic E-state index is 0.148. The maximum atomic E-state index is 12.0. The van der Waals surface area contributed by atoms with Crippen LogP contribution in [-0.2, 0) is 4.74 Å². The van der Waals surface area contributed by atoms with Gasteiger partial charge in [-0.15, -0.1) is 0 Å². The lowest BCUT2D eigenvalue weighted by Crippen LogP contribution is -2.33. The molecule has 0 aromatic carbocycles. The van der Waals surface area contributed by atoms with E-state index in [4.69, 9.17) is 9.84 Å². The predicted octanol–water partition coefficient (Wildman–Crippen LogP) is 1.62. The van der Waals surface area contributed by atoms with Gasteiger partial charge in [-0.1, -0.05) is 43.9 Å². The van der Waals surface area contributed by atoms with Gasteiger partial charge >= 0.3 is 5.69 Å². The van der Waals surface area contributed by atoms with E-state index in [0.717, 1.165) is 38.5 Å². The number of alkyl halides is 1. The van der Waals surface area contributed by atoms with Crippen molar-refractivity contribution in [1.82, 2.24) is 9.55 Å². The lowest BCUT2D eigenvalue weighted by Gasteiger charge is -2.14. The van der Waals surface area contributed by atoms with Gasteiger partial charge in [0, 0.05) is 19.0 Å². The molecule has 1 aliphatic rings. The van der Waals surface area contributed by atoms with E-state index in [9.17, 15) is 19.1 Å². The number of ether oxygens (including phenoxy) is 1. The number of nitrogens with zero attached hydrogens (tertiary/aromatic N) is 1. The minimum atomic E-state index is -0.875. The van der Waals surface area contributed by atoms with Gasteiger partial charge in [0.25, 0.3) is 5.56 Å². The number of halogens is 1. The van der Waals surface area contributed by atoms with E-state index in [0.29, 0.717) is 12.8 Å². The van der Waals surface area contributed by atoms with Crippen LogP contribution >= 0.6 is 0 Å². The van der Waals surface area contributed by atoms with Gasteiger partial charge in [0.15, 0.2) is 0 Å². The third-order valence-corrected chi connectivity index (χ3v) is 4.82. The average Bonchev–Trinajstić information content (AvgIpc) is 3.05. The summed E-state index contributed by atoms with van der Waals surface area (Å²) in [4.78, 5) is 26.2. The van der Waals surface area contributed by atoms with E-state index in [1.54, 1.807) is 0 Å². The first kappa shape index (κ1) is 22.3. The van der Waals surface area contributed by atoms with E-state index in [1.807, 2.05) is 0 Å². The summed E-state index contributed by atoms with van der Waals surface area (Å²) in [6.45, 7) is -0.588. The van der Waals surface area contributed by atoms with Crippen LogP contribution in [0.3, 0.4) is 0 Å². The number of aromatic nitrogens is 2. The fourth-order valence-corrected chi connectivity index (χ4v) is 3.19. The SMILES string of the molecule is O=c1[nH]c(=O)n([C@H]2C[C@H](O)[C@@H](CO)O2)cc1C#CCCCCCCCCCF. The topological polar surface area (TPSA) is 105 Å². The Balaban J connectivity index is 1.87. The fraction of sp³-hybridized carbons (Fsp3) is 0.700. The Bertz CT molecular complexity index is 779. The highest BCUT2D eigenvalue weighted by atomic mass is 19.1. The number of unbranched alkanes of at least 4 members (excludes halogenated alkanes) is 7. The van der Waals surface area contributed by atoms with Crippen LogP contribution in [-0.4, -0.2) is 45.3 Å². The number of nitrogens with one attached hydrogen (secondary N) is 1. The molecule has 156 valence electrons. The third-order valence-electron chi connectivity index (χ3n) is 4.82. The van der Waals surface area contributed by atoms with Crippen LogP contribution in [0, 0.1) is 11.8 Å². The molecule has 1 saturated heterocycles. The summed E-state index contributed by atoms with van der Waals surface area (Å²) >= 11 is 0. The highest BCUT2D eigenvalue weighted by Crippen LogP contribution is 2.27. The number of hydrogen-bond acceptors (Lipinski definition) is 5. The number of H-pyrrole nitrogens is 1. The molecule has 3 N–H and O–H groups in total. The second kappa shape index (κ2) is 11.8. The molecule has 8 heteroatoms. The maximum Gasteiger partial charge on any atom is 0.330 e. The van der Waals surface area contributed by atoms with Crippen LogP contribution in [0.2, 0.25) is 0 Å². The highest BCUT2D eigenvalue weighted by Gasteiger charge is 2.35. The van der Waals surface area contributed by atoms with Crippen molar-refractivity contribution in [3.63, 3.8) is 0 Å². The summed E-state index contributed by atoms with van der Waals surface area (Å²) in [5.41, 5.74) is -1.03. The van der Waals surface area contributed by atoms with Crippen LogP contribution in [0.1, 0.15) is 69.6 Å². The molecule has 0 unspecified atom stereocenters. The second-order valence-corrected chi connectivity index (χ2v) is 7.04. The maximum absolute atomic E-state index is 12.0. The van der Waals surface area contributed by atoms with E-state index in [1.165, 1.54) is 10.8 Å². The lowest BCUT2D eigenvalue weighted by atomic mass is 10.1. The molecule has 0 aliphatic carbocycles. The first-order valence-electron chi connectivity index (χ1n) is 9.91. The first-order chi connectivity index (χ1) is 13.6. The number of aliphatic hydroxyl groups is 2. The molecule has 7 nitrogen and oxygen atoms in total. The zero-order valence-corrected chi connectivity index (χ0v) is 16.0. The summed E-state index contributed by atoms with van der Waals surface area (Å²) in [6.07, 6.45) is 6.54. The van der Waals surface area contributed by atoms with Crippen molar-refractivity contribution in [3.8, 4) is 11.8 Å². The van der Waals surface area contributed by atoms with Gasteiger partial charge in [-0.3, -0.25) is 18.7 Å². The van der Waals surface area contributed by atoms with E-state index >= 15 is 0 Å². The number of rotatable bonds is 10. The fourth-order valence-electron chi connectivity index (χ4n) is 3.19. The third kappa shape index (κ3) is 6.59. The van der Waals surface area contributed by atoms with E-state index in [-0.39, 0.29) is 25.3 Å². The molecule has 0 bridgehead atoms. The molecule has 2 rings (SSSR count). The number of aromatic amines is 1. The van der Waals surface area contributed by atoms with Gasteiger partial charge in [-0.2, -0.15) is 0 Å². The van der Waals surface area contributed by atoms with Crippen molar-refractivity contribution in [1.29, 1.82) is 0 Å². The molecule has 28 heavy (non-hydrogen) atoms. The quantitative estimate of drug-likeness (QED) is 0.412. The number of aliphatic hydroxyl groups excluding tert-OH is 2. The van der Waals surface area contributed by atoms with Gasteiger partial charge in [-0.05, 0) is 12.8 Å². The molecule has 1 aliphatic heterocycles. The molecular formula is C20H29FN2O5. The Morgan fingerprint density at radius 3 is 2.50 bits per heavy atom. The first-order valence-corrected chi connectivity index (χ1v) is 9.91. The second-order valence-electron chi connectivity index (χ2n) is 7.04. The largest absolute Gasteiger partial charge is 0.394 e. The summed E-state index contributed by atoms with van der Waals surface area (Å²) in [5, 5.41) is 19.0. The van der Waals surface area contributed by atoms with Gasteiger partial charge in [0.2, 0.25) is 0 Å². The molecule has 0 spiro atoms. The van der Waals surface area contributed by atoms with Gasteiger partial charge in [0.05, 0.1) is 19.4 Å². The molecule has 2 heterocycles. The zero-order chi connectivity index (χ0) is 20.4. The molecular weight excluding hydrogens is 367 g/mol. The molecule has 0 saturated carbocycles. The van der Waals surface area contributed by atoms with Gasteiger partial charge < -0.3 is 14.9 Å². The van der Waals surface area contributed by atoms with E-state index in [2.05, 4.69) is 16.8 Å². The van der Waals surface area contributed by atoms with Gasteiger partial charge in [0.1, 0.15) is 17.9 Å². The Morgan fingerprint density at radius 1 is 1.18 bits per heavy atom. The molecule has 3 atom stereocenters. The van der Waals surface area contributed by atoms with Gasteiger partial charge in [-0.25, -0.2) is 4.79 Å². The summed E-state index contributed by atoms with van der Waals surface area (Å²) in [5.74, 6) is 5.75. The van der Waals surface area contributed by atoms with Crippen LogP contribution in [0.4, 0.5) is 4.39 Å². The number of hydrogen-bond donors (Lipinski definition) is 3. The van der Waals surface area contributed by atoms with Crippen LogP contribution < -0.4 is 11.2 Å². The Labute approximate surface area is 163 Å². The lowest BCUT2D eigenvalue weighted by molar-refractivity contribution is -0.0459. The summed E-state index contributed by atoms with van der Waals surface area (Å²) in [6, 6.07) is 0. The smallest absolute Gasteiger partial charge is 0.330 e. The predicted molar refractivity (Wildman–Crippen MR) is 103 cm³/mol. The average molecular weight is 396 g/mol. The van der Waals surface area contributed by atoms with Crippen molar-refractivity contribution >= 4 is 0 Å². The van der Waals surface area contributed by atoms with Crippen LogP contribution in [0.25, 0.3) is 0 Å². The van der Waals surface area contributed by atoms with Crippen molar-refractivity contribution in [3.05, 3.63) is 32.6 Å². The molecule has 1 aromatic heterocycles. The normalized spacial score (nSPS) is 21.5. The van der Waals surface area contributed by atoms with E-state index < -0.39 is 29.7 Å². The summed E-state index contributed by atoms with van der Waals surface area (Å²) < 4.78 is 18.6. The molecule has 0 radical (unpaired) electrons. The molecule has 1 fully saturated rings. The van der Waals surface area contributed by atoms with Crippen LogP contribution in [0.5, 0.6) is 0 Å². The van der Waals surface area contributed by atoms with Crippen molar-refractivity contribution in [2.45, 2.75) is 76.2 Å². The minimum Gasteiger partial charge on any atom is -0.394 e. The van der Waals surface area contributed by atoms with Crippen molar-refractivity contribution in [2.75, 3.05) is 13.3 Å². The van der Waals surface area contributed by atoms with Crippen molar-refractivity contribution < 1.29 is 19.3 Å². The monoisotopic (exact) mass is 396 g/mol. The Morgan fingerprint density at radius 2 is 1.86 bits per heavy atom. The van der Waals surface area contributed by atoms with Crippen LogP contribution in [0.15, 0.2) is 15.8 Å². The Hall–Kier alpha value is -1.95. The van der Waals surface area contributed by atoms with Crippen molar-refractivity contribution in [2.24, 2.45) is 0 Å². The standard InChI is InChI=1S/C20H29FN2O5/c21-11-9-7-5-3-1-2-4-6-8-10-15-13-23(20(27)22-19(15)26)18-12-16(25)17(14-24)28-18/h13,16-18,24-25H,1-7,9,11-12,14H2,(H,22,26,27)/t16-,17+,18+/m0/s1. The highest BCUT2D eigenvalue weighted by molar-refractivity contribution is 5.29. The zero-order valence-electron chi connectivity index (χ0n) is 16.0.